The number of nitrogens with zero attached hydrogens (tertiary/aromatic N) is 1. The Bertz CT molecular complexity index is 1480. The van der Waals surface area contributed by atoms with Crippen molar-refractivity contribution in [2.75, 3.05) is 0 Å². The van der Waals surface area contributed by atoms with Crippen molar-refractivity contribution in [3.8, 4) is 0 Å². The van der Waals surface area contributed by atoms with E-state index in [9.17, 15) is 9.59 Å². The highest BCUT2D eigenvalue weighted by atomic mass is 79.9. The first-order valence-corrected chi connectivity index (χ1v) is 12.2. The predicted molar refractivity (Wildman–Crippen MR) is 138 cm³/mol. The summed E-state index contributed by atoms with van der Waals surface area (Å²) in [5, 5.41) is 1.01. The van der Waals surface area contributed by atoms with Gasteiger partial charge in [0.25, 0.3) is 5.91 Å². The lowest BCUT2D eigenvalue weighted by atomic mass is 9.86. The van der Waals surface area contributed by atoms with Crippen molar-refractivity contribution in [3.05, 3.63) is 114 Å². The molecule has 5 rings (SSSR count). The summed E-state index contributed by atoms with van der Waals surface area (Å²) in [6.45, 7) is 6.71. The molecule has 0 N–H and O–H groups in total. The number of amides is 1. The maximum absolute atomic E-state index is 13.7. The number of hydrogen-bond acceptors (Lipinski definition) is 3. The fraction of sp³-hybridized carbons (Fsp3) is 0.214. The lowest BCUT2D eigenvalue weighted by molar-refractivity contribution is 0.0714. The molecule has 0 saturated carbocycles. The summed E-state index contributed by atoms with van der Waals surface area (Å²) in [5.41, 5.74) is 3.38. The molecule has 1 aliphatic rings. The van der Waals surface area contributed by atoms with Crippen LogP contribution in [0.1, 0.15) is 59.6 Å². The predicted octanol–water partition coefficient (Wildman–Crippen LogP) is 7.25. The summed E-state index contributed by atoms with van der Waals surface area (Å²) in [6.07, 6.45) is 0. The number of halogens is 2. The van der Waals surface area contributed by atoms with Crippen LogP contribution in [0.2, 0.25) is 5.02 Å². The largest absolute Gasteiger partial charge is 0.450 e. The Kier molecular flexibility index (Phi) is 5.65. The molecule has 1 aliphatic heterocycles. The van der Waals surface area contributed by atoms with E-state index < -0.39 is 6.04 Å². The number of rotatable bonds is 3. The normalized spacial score (nSPS) is 15.7. The minimum Gasteiger partial charge on any atom is -0.450 e. The van der Waals surface area contributed by atoms with Crippen LogP contribution in [0.25, 0.3) is 11.0 Å². The van der Waals surface area contributed by atoms with Gasteiger partial charge in [-0.2, -0.15) is 0 Å². The number of benzene rings is 3. The maximum Gasteiger partial charge on any atom is 0.291 e. The van der Waals surface area contributed by atoms with Gasteiger partial charge in [0, 0.05) is 16.0 Å². The summed E-state index contributed by atoms with van der Waals surface area (Å²) >= 11 is 9.87. The standard InChI is InChI=1S/C28H23BrClNO3/c1-28(2,3)18-10-8-16(9-11-18)24-23-25(32)20-14-19(29)12-13-22(20)34-26(23)27(33)31(24)15-17-6-4-5-7-21(17)30/h4-14,24H,15H2,1-3H3. The van der Waals surface area contributed by atoms with Gasteiger partial charge in [0.2, 0.25) is 5.76 Å². The number of hydrogen-bond donors (Lipinski definition) is 0. The Hall–Kier alpha value is -2.89. The van der Waals surface area contributed by atoms with Crippen LogP contribution in [0.15, 0.2) is 80.4 Å². The van der Waals surface area contributed by atoms with E-state index in [2.05, 4.69) is 48.8 Å². The van der Waals surface area contributed by atoms with Crippen LogP contribution in [-0.4, -0.2) is 10.8 Å². The van der Waals surface area contributed by atoms with Gasteiger partial charge in [-0.1, -0.05) is 90.8 Å². The van der Waals surface area contributed by atoms with E-state index in [1.54, 1.807) is 29.2 Å². The molecular formula is C28H23BrClNO3. The first-order valence-electron chi connectivity index (χ1n) is 11.1. The number of carbonyl (C=O) groups is 1. The molecule has 0 fully saturated rings. The van der Waals surface area contributed by atoms with Crippen molar-refractivity contribution >= 4 is 44.4 Å². The zero-order valence-corrected chi connectivity index (χ0v) is 21.4. The van der Waals surface area contributed by atoms with Gasteiger partial charge in [-0.05, 0) is 46.4 Å². The monoisotopic (exact) mass is 535 g/mol. The van der Waals surface area contributed by atoms with E-state index in [1.807, 2.05) is 30.3 Å². The molecule has 0 bridgehead atoms. The number of fused-ring (bicyclic) bond motifs is 2. The van der Waals surface area contributed by atoms with Gasteiger partial charge in [-0.3, -0.25) is 9.59 Å². The van der Waals surface area contributed by atoms with Gasteiger partial charge in [0.05, 0.1) is 17.0 Å². The fourth-order valence-electron chi connectivity index (χ4n) is 4.48. The second kappa shape index (κ2) is 8.40. The fourth-order valence-corrected chi connectivity index (χ4v) is 5.03. The van der Waals surface area contributed by atoms with Crippen molar-refractivity contribution in [3.63, 3.8) is 0 Å². The van der Waals surface area contributed by atoms with Gasteiger partial charge < -0.3 is 9.32 Å². The summed E-state index contributed by atoms with van der Waals surface area (Å²) in [5.74, 6) is -0.224. The molecule has 2 heterocycles. The third-order valence-corrected chi connectivity index (χ3v) is 7.18. The molecule has 172 valence electrons. The molecule has 0 radical (unpaired) electrons. The van der Waals surface area contributed by atoms with Crippen molar-refractivity contribution in [1.29, 1.82) is 0 Å². The van der Waals surface area contributed by atoms with Gasteiger partial charge >= 0.3 is 0 Å². The first kappa shape index (κ1) is 22.9. The highest BCUT2D eigenvalue weighted by molar-refractivity contribution is 9.10. The van der Waals surface area contributed by atoms with Gasteiger partial charge in [0.15, 0.2) is 5.43 Å². The SMILES string of the molecule is CC(C)(C)c1ccc(C2c3c(oc4ccc(Br)cc4c3=O)C(=O)N2Cc2ccccc2Cl)cc1. The molecule has 1 aromatic heterocycles. The molecule has 4 aromatic rings. The maximum atomic E-state index is 13.7. The average Bonchev–Trinajstić information content (AvgIpc) is 3.07. The van der Waals surface area contributed by atoms with E-state index in [1.165, 1.54) is 5.56 Å². The van der Waals surface area contributed by atoms with Crippen LogP contribution in [0.4, 0.5) is 0 Å². The summed E-state index contributed by atoms with van der Waals surface area (Å²) < 4.78 is 6.81. The van der Waals surface area contributed by atoms with Crippen LogP contribution >= 0.6 is 27.5 Å². The molecule has 0 spiro atoms. The van der Waals surface area contributed by atoms with Crippen LogP contribution < -0.4 is 5.43 Å². The van der Waals surface area contributed by atoms with Crippen LogP contribution in [-0.2, 0) is 12.0 Å². The third-order valence-electron chi connectivity index (χ3n) is 6.32. The summed E-state index contributed by atoms with van der Waals surface area (Å²) in [4.78, 5) is 29.0. The topological polar surface area (TPSA) is 50.5 Å². The van der Waals surface area contributed by atoms with Crippen molar-refractivity contribution < 1.29 is 9.21 Å². The zero-order valence-electron chi connectivity index (χ0n) is 19.1. The summed E-state index contributed by atoms with van der Waals surface area (Å²) in [6, 6.07) is 20.2. The van der Waals surface area contributed by atoms with E-state index in [0.717, 1.165) is 15.6 Å². The molecule has 3 aromatic carbocycles. The molecule has 0 aliphatic carbocycles. The second-order valence-electron chi connectivity index (χ2n) is 9.61. The van der Waals surface area contributed by atoms with Crippen LogP contribution in [0.3, 0.4) is 0 Å². The van der Waals surface area contributed by atoms with Gasteiger partial charge in [-0.15, -0.1) is 0 Å². The third kappa shape index (κ3) is 3.87. The highest BCUT2D eigenvalue weighted by Gasteiger charge is 2.43. The molecular weight excluding hydrogens is 514 g/mol. The molecule has 6 heteroatoms. The van der Waals surface area contributed by atoms with E-state index >= 15 is 0 Å². The molecule has 0 saturated heterocycles. The van der Waals surface area contributed by atoms with Crippen LogP contribution in [0.5, 0.6) is 0 Å². The van der Waals surface area contributed by atoms with E-state index in [-0.39, 0.29) is 29.1 Å². The number of carbonyl (C=O) groups excluding carboxylic acids is 1. The Labute approximate surface area is 211 Å². The van der Waals surface area contributed by atoms with Crippen LogP contribution in [0, 0.1) is 0 Å². The Balaban J connectivity index is 1.71. The average molecular weight is 537 g/mol. The minimum atomic E-state index is -0.576. The molecule has 1 unspecified atom stereocenters. The molecule has 34 heavy (non-hydrogen) atoms. The van der Waals surface area contributed by atoms with Gasteiger partial charge in [-0.25, -0.2) is 0 Å². The van der Waals surface area contributed by atoms with E-state index in [4.69, 9.17) is 16.0 Å². The Morgan fingerprint density at radius 2 is 1.71 bits per heavy atom. The quantitative estimate of drug-likeness (QED) is 0.277. The zero-order chi connectivity index (χ0) is 24.2. The van der Waals surface area contributed by atoms with Crippen molar-refractivity contribution in [2.24, 2.45) is 0 Å². The highest BCUT2D eigenvalue weighted by Crippen LogP contribution is 2.40. The van der Waals surface area contributed by atoms with Crippen molar-refractivity contribution in [1.82, 2.24) is 4.90 Å². The summed E-state index contributed by atoms with van der Waals surface area (Å²) in [7, 11) is 0. The Morgan fingerprint density at radius 1 is 1.00 bits per heavy atom. The van der Waals surface area contributed by atoms with E-state index in [0.29, 0.717) is 21.6 Å². The lowest BCUT2D eigenvalue weighted by Crippen LogP contribution is -2.29. The second-order valence-corrected chi connectivity index (χ2v) is 10.9. The first-order chi connectivity index (χ1) is 16.1. The lowest BCUT2D eigenvalue weighted by Gasteiger charge is -2.26. The smallest absolute Gasteiger partial charge is 0.291 e. The molecule has 1 atom stereocenters. The molecule has 1 amide bonds. The Morgan fingerprint density at radius 3 is 2.38 bits per heavy atom. The minimum absolute atomic E-state index is 0.0132. The van der Waals surface area contributed by atoms with Crippen molar-refractivity contribution in [2.45, 2.75) is 38.8 Å². The van der Waals surface area contributed by atoms with Gasteiger partial charge in [0.1, 0.15) is 5.58 Å². The molecule has 4 nitrogen and oxygen atoms in total.